The van der Waals surface area contributed by atoms with Gasteiger partial charge in [-0.1, -0.05) is 17.7 Å². The highest BCUT2D eigenvalue weighted by atomic mass is 35.5. The fourth-order valence-corrected chi connectivity index (χ4v) is 1.69. The third-order valence-corrected chi connectivity index (χ3v) is 2.77. The van der Waals surface area contributed by atoms with Crippen LogP contribution in [0.1, 0.15) is 10.4 Å². The molecule has 2 amide bonds. The maximum Gasteiger partial charge on any atom is 0.256 e. The summed E-state index contributed by atoms with van der Waals surface area (Å²) >= 11 is 5.73. The van der Waals surface area contributed by atoms with Gasteiger partial charge in [-0.05, 0) is 12.1 Å². The summed E-state index contributed by atoms with van der Waals surface area (Å²) in [5.74, 6) is -1.93. The lowest BCUT2D eigenvalue weighted by Crippen LogP contribution is -2.40. The Balaban J connectivity index is 2.97. The Morgan fingerprint density at radius 1 is 1.47 bits per heavy atom. The Morgan fingerprint density at radius 2 is 2.16 bits per heavy atom. The van der Waals surface area contributed by atoms with Crippen molar-refractivity contribution < 1.29 is 18.7 Å². The van der Waals surface area contributed by atoms with Gasteiger partial charge in [0.1, 0.15) is 5.82 Å². The van der Waals surface area contributed by atoms with E-state index in [1.165, 1.54) is 19.2 Å². The number of nitrogens with two attached hydrogens (primary N) is 1. The highest BCUT2D eigenvalue weighted by Crippen LogP contribution is 2.21. The molecule has 0 aliphatic carbocycles. The molecule has 2 N–H and O–H groups in total. The van der Waals surface area contributed by atoms with E-state index in [2.05, 4.69) is 0 Å². The maximum atomic E-state index is 13.3. The molecule has 0 aliphatic heterocycles. The van der Waals surface area contributed by atoms with Crippen molar-refractivity contribution in [3.63, 3.8) is 0 Å². The molecule has 0 saturated heterocycles. The molecule has 5 nitrogen and oxygen atoms in total. The quantitative estimate of drug-likeness (QED) is 0.850. The van der Waals surface area contributed by atoms with Crippen molar-refractivity contribution >= 4 is 23.4 Å². The Morgan fingerprint density at radius 3 is 2.74 bits per heavy atom. The molecular formula is C12H14ClFN2O3. The van der Waals surface area contributed by atoms with Gasteiger partial charge in [0.15, 0.2) is 0 Å². The number of halogens is 2. The number of carbonyl (C=O) groups excluding carboxylic acids is 2. The van der Waals surface area contributed by atoms with E-state index in [0.717, 1.165) is 11.0 Å². The van der Waals surface area contributed by atoms with Crippen LogP contribution in [0.2, 0.25) is 5.02 Å². The fraction of sp³-hybridized carbons (Fsp3) is 0.333. The molecule has 0 heterocycles. The molecule has 0 fully saturated rings. The van der Waals surface area contributed by atoms with Gasteiger partial charge in [0.2, 0.25) is 5.91 Å². The first-order chi connectivity index (χ1) is 8.97. The van der Waals surface area contributed by atoms with Crippen LogP contribution in [0.3, 0.4) is 0 Å². The van der Waals surface area contributed by atoms with Gasteiger partial charge in [-0.2, -0.15) is 0 Å². The van der Waals surface area contributed by atoms with Gasteiger partial charge in [0.05, 0.1) is 23.7 Å². The van der Waals surface area contributed by atoms with Gasteiger partial charge in [-0.25, -0.2) is 4.39 Å². The molecule has 1 aromatic rings. The van der Waals surface area contributed by atoms with Crippen LogP contribution in [0.15, 0.2) is 18.2 Å². The Bertz CT molecular complexity index is 482. The molecular weight excluding hydrogens is 275 g/mol. The molecule has 19 heavy (non-hydrogen) atoms. The minimum atomic E-state index is -0.696. The predicted octanol–water partition coefficient (Wildman–Crippen LogP) is 1.05. The summed E-state index contributed by atoms with van der Waals surface area (Å²) in [5.41, 5.74) is 5.05. The number of ether oxygens (including phenoxy) is 1. The van der Waals surface area contributed by atoms with E-state index in [-0.39, 0.29) is 30.3 Å². The zero-order chi connectivity index (χ0) is 14.4. The van der Waals surface area contributed by atoms with Crippen LogP contribution in [0, 0.1) is 5.82 Å². The van der Waals surface area contributed by atoms with Gasteiger partial charge >= 0.3 is 0 Å². The summed E-state index contributed by atoms with van der Waals surface area (Å²) in [7, 11) is 1.46. The highest BCUT2D eigenvalue weighted by molar-refractivity contribution is 6.34. The molecule has 0 unspecified atom stereocenters. The van der Waals surface area contributed by atoms with Crippen LogP contribution < -0.4 is 5.73 Å². The number of methoxy groups -OCH3 is 1. The minimum absolute atomic E-state index is 0.0148. The van der Waals surface area contributed by atoms with Crippen LogP contribution in [0.5, 0.6) is 0 Å². The number of hydrogen-bond acceptors (Lipinski definition) is 3. The van der Waals surface area contributed by atoms with E-state index < -0.39 is 17.6 Å². The molecule has 0 atom stereocenters. The van der Waals surface area contributed by atoms with E-state index in [1.807, 2.05) is 0 Å². The van der Waals surface area contributed by atoms with Gasteiger partial charge in [-0.15, -0.1) is 0 Å². The van der Waals surface area contributed by atoms with Crippen molar-refractivity contribution in [3.05, 3.63) is 34.6 Å². The average molecular weight is 289 g/mol. The molecule has 1 aromatic carbocycles. The lowest BCUT2D eigenvalue weighted by atomic mass is 10.2. The number of amides is 2. The Labute approximate surface area is 115 Å². The van der Waals surface area contributed by atoms with Crippen molar-refractivity contribution in [1.29, 1.82) is 0 Å². The first-order valence-electron chi connectivity index (χ1n) is 5.48. The van der Waals surface area contributed by atoms with Crippen LogP contribution >= 0.6 is 11.6 Å². The standard InChI is InChI=1S/C12H14ClFN2O3/c1-19-6-5-16(7-10(15)17)12(18)8-3-2-4-9(14)11(8)13/h2-4H,5-7H2,1H3,(H2,15,17). The fourth-order valence-electron chi connectivity index (χ4n) is 1.48. The van der Waals surface area contributed by atoms with E-state index in [1.54, 1.807) is 0 Å². The lowest BCUT2D eigenvalue weighted by molar-refractivity contribution is -0.118. The molecule has 0 aromatic heterocycles. The number of rotatable bonds is 6. The second-order valence-corrected chi connectivity index (χ2v) is 4.17. The number of benzene rings is 1. The van der Waals surface area contributed by atoms with Crippen molar-refractivity contribution in [2.24, 2.45) is 5.73 Å². The molecule has 1 rings (SSSR count). The van der Waals surface area contributed by atoms with E-state index in [9.17, 15) is 14.0 Å². The molecule has 0 radical (unpaired) electrons. The highest BCUT2D eigenvalue weighted by Gasteiger charge is 2.21. The van der Waals surface area contributed by atoms with Crippen molar-refractivity contribution in [1.82, 2.24) is 4.90 Å². The third-order valence-electron chi connectivity index (χ3n) is 2.38. The van der Waals surface area contributed by atoms with Gasteiger partial charge in [-0.3, -0.25) is 9.59 Å². The molecule has 0 bridgehead atoms. The first kappa shape index (κ1) is 15.4. The van der Waals surface area contributed by atoms with E-state index in [0.29, 0.717) is 0 Å². The van der Waals surface area contributed by atoms with Crippen LogP contribution in [0.4, 0.5) is 4.39 Å². The summed E-state index contributed by atoms with van der Waals surface area (Å²) in [6.07, 6.45) is 0. The van der Waals surface area contributed by atoms with Gasteiger partial charge in [0.25, 0.3) is 5.91 Å². The summed E-state index contributed by atoms with van der Waals surface area (Å²) in [5, 5.41) is -0.278. The van der Waals surface area contributed by atoms with E-state index >= 15 is 0 Å². The smallest absolute Gasteiger partial charge is 0.256 e. The van der Waals surface area contributed by atoms with Crippen molar-refractivity contribution in [2.45, 2.75) is 0 Å². The average Bonchev–Trinajstić information content (AvgIpc) is 2.36. The second-order valence-electron chi connectivity index (χ2n) is 3.79. The maximum absolute atomic E-state index is 13.3. The number of carbonyl (C=O) groups is 2. The van der Waals surface area contributed by atoms with Gasteiger partial charge in [0, 0.05) is 13.7 Å². The number of hydrogen-bond donors (Lipinski definition) is 1. The lowest BCUT2D eigenvalue weighted by Gasteiger charge is -2.21. The normalized spacial score (nSPS) is 10.3. The number of primary amides is 1. The molecule has 7 heteroatoms. The summed E-state index contributed by atoms with van der Waals surface area (Å²) in [4.78, 5) is 24.3. The van der Waals surface area contributed by atoms with Crippen molar-refractivity contribution in [2.75, 3.05) is 26.8 Å². The minimum Gasteiger partial charge on any atom is -0.383 e. The molecule has 0 aliphatic rings. The topological polar surface area (TPSA) is 72.6 Å². The largest absolute Gasteiger partial charge is 0.383 e. The van der Waals surface area contributed by atoms with Gasteiger partial charge < -0.3 is 15.4 Å². The summed E-state index contributed by atoms with van der Waals surface area (Å²) < 4.78 is 18.1. The monoisotopic (exact) mass is 288 g/mol. The Kier molecular flexibility index (Phi) is 5.72. The van der Waals surface area contributed by atoms with Crippen LogP contribution in [-0.2, 0) is 9.53 Å². The third kappa shape index (κ3) is 4.18. The molecule has 104 valence electrons. The predicted molar refractivity (Wildman–Crippen MR) is 68.4 cm³/mol. The summed E-state index contributed by atoms with van der Waals surface area (Å²) in [6, 6.07) is 3.90. The van der Waals surface area contributed by atoms with E-state index in [4.69, 9.17) is 22.1 Å². The SMILES string of the molecule is COCCN(CC(N)=O)C(=O)c1cccc(F)c1Cl. The first-order valence-corrected chi connectivity index (χ1v) is 5.85. The van der Waals surface area contributed by atoms with Crippen molar-refractivity contribution in [3.8, 4) is 0 Å². The molecule has 0 saturated carbocycles. The molecule has 0 spiro atoms. The second kappa shape index (κ2) is 7.06. The van der Waals surface area contributed by atoms with Crippen LogP contribution in [-0.4, -0.2) is 43.5 Å². The Hall–Kier alpha value is -1.66. The zero-order valence-electron chi connectivity index (χ0n) is 10.4. The van der Waals surface area contributed by atoms with Crippen LogP contribution in [0.25, 0.3) is 0 Å². The summed E-state index contributed by atoms with van der Waals surface area (Å²) in [6.45, 7) is 0.103. The zero-order valence-corrected chi connectivity index (χ0v) is 11.1. The number of nitrogens with zero attached hydrogens (tertiary/aromatic N) is 1.